The number of piperidine rings is 1. The third-order valence-corrected chi connectivity index (χ3v) is 3.35. The molecule has 0 spiro atoms. The minimum atomic E-state index is -0.865. The van der Waals surface area contributed by atoms with Crippen LogP contribution in [-0.2, 0) is 4.79 Å². The molecule has 0 aromatic carbocycles. The highest BCUT2D eigenvalue weighted by Gasteiger charge is 2.26. The summed E-state index contributed by atoms with van der Waals surface area (Å²) in [6, 6.07) is 0. The summed E-state index contributed by atoms with van der Waals surface area (Å²) in [6.07, 6.45) is 1.54. The molecule has 1 rings (SSSR count). The minimum Gasteiger partial charge on any atom is -0.465 e. The van der Waals surface area contributed by atoms with Gasteiger partial charge in [0, 0.05) is 13.1 Å². The van der Waals surface area contributed by atoms with E-state index in [1.807, 2.05) is 0 Å². The molecule has 1 aliphatic heterocycles. The second-order valence-corrected chi connectivity index (χ2v) is 4.24. The molecule has 0 aliphatic carbocycles. The molecule has 1 aliphatic rings. The van der Waals surface area contributed by atoms with Crippen molar-refractivity contribution in [1.82, 2.24) is 4.90 Å². The molecule has 1 saturated heterocycles. The van der Waals surface area contributed by atoms with E-state index < -0.39 is 6.09 Å². The number of nitrogens with zero attached hydrogens (tertiary/aromatic N) is 1. The van der Waals surface area contributed by atoms with Gasteiger partial charge in [-0.2, -0.15) is 0 Å². The number of amides is 1. The zero-order valence-corrected chi connectivity index (χ0v) is 8.74. The lowest BCUT2D eigenvalue weighted by Crippen LogP contribution is -2.39. The first-order valence-corrected chi connectivity index (χ1v) is 5.14. The molecular weight excluding hydrogens is 238 g/mol. The summed E-state index contributed by atoms with van der Waals surface area (Å²) in [4.78, 5) is 22.3. The molecule has 0 radical (unpaired) electrons. The van der Waals surface area contributed by atoms with E-state index in [-0.39, 0.29) is 10.7 Å². The number of hydrogen-bond acceptors (Lipinski definition) is 2. The van der Waals surface area contributed by atoms with E-state index in [0.29, 0.717) is 13.1 Å². The van der Waals surface area contributed by atoms with Gasteiger partial charge in [0.2, 0.25) is 0 Å². The molecule has 1 atom stereocenters. The number of halogens is 1. The number of carboxylic acid groups (broad SMARTS) is 1. The Kier molecular flexibility index (Phi) is 3.71. The average Bonchev–Trinajstić information content (AvgIpc) is 2.17. The summed E-state index contributed by atoms with van der Waals surface area (Å²) in [5, 5.41) is 8.66. The standard InChI is InChI=1S/C8H12BrNO3/c9-7(5-11)6-1-3-10(4-2-6)8(12)13/h5-7H,1-4H2,(H,12,13). The topological polar surface area (TPSA) is 57.6 Å². The van der Waals surface area contributed by atoms with E-state index in [2.05, 4.69) is 15.9 Å². The predicted molar refractivity (Wildman–Crippen MR) is 51.1 cm³/mol. The van der Waals surface area contributed by atoms with Crippen molar-refractivity contribution in [3.8, 4) is 0 Å². The smallest absolute Gasteiger partial charge is 0.407 e. The minimum absolute atomic E-state index is 0.122. The number of alkyl halides is 1. The Balaban J connectivity index is 2.38. The number of carbonyl (C=O) groups is 2. The zero-order chi connectivity index (χ0) is 9.84. The van der Waals surface area contributed by atoms with E-state index in [1.165, 1.54) is 4.90 Å². The molecule has 0 saturated carbocycles. The van der Waals surface area contributed by atoms with Crippen molar-refractivity contribution in [2.24, 2.45) is 5.92 Å². The first-order chi connectivity index (χ1) is 6.15. The summed E-state index contributed by atoms with van der Waals surface area (Å²) >= 11 is 3.26. The van der Waals surface area contributed by atoms with Gasteiger partial charge in [-0.05, 0) is 18.8 Å². The maximum Gasteiger partial charge on any atom is 0.407 e. The van der Waals surface area contributed by atoms with Crippen molar-refractivity contribution < 1.29 is 14.7 Å². The van der Waals surface area contributed by atoms with E-state index in [4.69, 9.17) is 5.11 Å². The second-order valence-electron chi connectivity index (χ2n) is 3.19. The Morgan fingerprint density at radius 1 is 1.54 bits per heavy atom. The first kappa shape index (κ1) is 10.5. The Bertz CT molecular complexity index is 202. The molecule has 5 heteroatoms. The fraction of sp³-hybridized carbons (Fsp3) is 0.750. The van der Waals surface area contributed by atoms with Gasteiger partial charge >= 0.3 is 6.09 Å². The molecule has 1 heterocycles. The van der Waals surface area contributed by atoms with Crippen LogP contribution in [0.4, 0.5) is 4.79 Å². The highest BCUT2D eigenvalue weighted by Crippen LogP contribution is 2.23. The summed E-state index contributed by atoms with van der Waals surface area (Å²) < 4.78 is 0. The van der Waals surface area contributed by atoms with E-state index in [9.17, 15) is 9.59 Å². The van der Waals surface area contributed by atoms with Crippen LogP contribution in [0.15, 0.2) is 0 Å². The number of hydrogen-bond donors (Lipinski definition) is 1. The molecule has 1 unspecified atom stereocenters. The fourth-order valence-electron chi connectivity index (χ4n) is 1.52. The molecule has 0 aromatic rings. The van der Waals surface area contributed by atoms with Gasteiger partial charge in [-0.1, -0.05) is 15.9 Å². The number of rotatable bonds is 2. The number of aldehydes is 1. The molecule has 13 heavy (non-hydrogen) atoms. The Hall–Kier alpha value is -0.580. The Morgan fingerprint density at radius 3 is 2.46 bits per heavy atom. The van der Waals surface area contributed by atoms with Crippen LogP contribution in [0.2, 0.25) is 0 Å². The van der Waals surface area contributed by atoms with Gasteiger partial charge in [0.05, 0.1) is 4.83 Å². The third kappa shape index (κ3) is 2.69. The SMILES string of the molecule is O=CC(Br)C1CCN(C(=O)O)CC1. The van der Waals surface area contributed by atoms with Crippen LogP contribution in [0.3, 0.4) is 0 Å². The van der Waals surface area contributed by atoms with Gasteiger partial charge in [0.1, 0.15) is 6.29 Å². The lowest BCUT2D eigenvalue weighted by atomic mass is 9.94. The molecule has 4 nitrogen and oxygen atoms in total. The van der Waals surface area contributed by atoms with Crippen LogP contribution in [0.25, 0.3) is 0 Å². The second kappa shape index (κ2) is 4.60. The van der Waals surface area contributed by atoms with Crippen molar-refractivity contribution >= 4 is 28.3 Å². The van der Waals surface area contributed by atoms with Crippen molar-refractivity contribution in [1.29, 1.82) is 0 Å². The molecule has 1 amide bonds. The van der Waals surface area contributed by atoms with E-state index in [1.54, 1.807) is 0 Å². The van der Waals surface area contributed by atoms with Gasteiger partial charge in [-0.25, -0.2) is 4.79 Å². The van der Waals surface area contributed by atoms with Crippen LogP contribution >= 0.6 is 15.9 Å². The van der Waals surface area contributed by atoms with Gasteiger partial charge in [-0.3, -0.25) is 0 Å². The predicted octanol–water partition coefficient (Wildman–Crippen LogP) is 1.34. The third-order valence-electron chi connectivity index (χ3n) is 2.39. The van der Waals surface area contributed by atoms with Crippen molar-refractivity contribution in [3.05, 3.63) is 0 Å². The Morgan fingerprint density at radius 2 is 2.08 bits per heavy atom. The van der Waals surface area contributed by atoms with Crippen LogP contribution in [0.1, 0.15) is 12.8 Å². The first-order valence-electron chi connectivity index (χ1n) is 4.22. The van der Waals surface area contributed by atoms with E-state index >= 15 is 0 Å². The average molecular weight is 250 g/mol. The largest absolute Gasteiger partial charge is 0.465 e. The van der Waals surface area contributed by atoms with Gasteiger partial charge in [0.15, 0.2) is 0 Å². The van der Waals surface area contributed by atoms with Crippen LogP contribution in [0, 0.1) is 5.92 Å². The molecular formula is C8H12BrNO3. The zero-order valence-electron chi connectivity index (χ0n) is 7.15. The number of carbonyl (C=O) groups excluding carboxylic acids is 1. The fourth-order valence-corrected chi connectivity index (χ4v) is 2.05. The van der Waals surface area contributed by atoms with Gasteiger partial charge in [0.25, 0.3) is 0 Å². The summed E-state index contributed by atoms with van der Waals surface area (Å²) in [7, 11) is 0. The van der Waals surface area contributed by atoms with Crippen molar-refractivity contribution in [2.75, 3.05) is 13.1 Å². The molecule has 1 N–H and O–H groups in total. The van der Waals surface area contributed by atoms with E-state index in [0.717, 1.165) is 19.1 Å². The summed E-state index contributed by atoms with van der Waals surface area (Å²) in [5.41, 5.74) is 0. The maximum atomic E-state index is 10.5. The lowest BCUT2D eigenvalue weighted by Gasteiger charge is -2.30. The molecule has 0 aromatic heterocycles. The van der Waals surface area contributed by atoms with Gasteiger partial charge in [-0.15, -0.1) is 0 Å². The quantitative estimate of drug-likeness (QED) is 0.594. The maximum absolute atomic E-state index is 10.5. The summed E-state index contributed by atoms with van der Waals surface area (Å²) in [6.45, 7) is 1.08. The highest BCUT2D eigenvalue weighted by molar-refractivity contribution is 9.09. The van der Waals surface area contributed by atoms with Gasteiger partial charge < -0.3 is 14.8 Å². The molecule has 0 bridgehead atoms. The molecule has 1 fully saturated rings. The monoisotopic (exact) mass is 249 g/mol. The van der Waals surface area contributed by atoms with Crippen molar-refractivity contribution in [2.45, 2.75) is 17.7 Å². The van der Waals surface area contributed by atoms with Crippen LogP contribution < -0.4 is 0 Å². The Labute approximate surface area is 85.0 Å². The summed E-state index contributed by atoms with van der Waals surface area (Å²) in [5.74, 6) is 0.285. The van der Waals surface area contributed by atoms with Crippen molar-refractivity contribution in [3.63, 3.8) is 0 Å². The van der Waals surface area contributed by atoms with Crippen LogP contribution in [0.5, 0.6) is 0 Å². The lowest BCUT2D eigenvalue weighted by molar-refractivity contribution is -0.108. The normalized spacial score (nSPS) is 21.2. The molecule has 74 valence electrons. The highest BCUT2D eigenvalue weighted by atomic mass is 79.9. The number of likely N-dealkylation sites (tertiary alicyclic amines) is 1. The van der Waals surface area contributed by atoms with Crippen LogP contribution in [-0.4, -0.2) is 40.3 Å².